The molecule has 6 heterocycles. The molecule has 264 valence electrons. The number of aryl methyl sites for hydroxylation is 3. The van der Waals surface area contributed by atoms with E-state index in [1.54, 1.807) is 47.5 Å². The molecule has 2 N–H and O–H groups in total. The summed E-state index contributed by atoms with van der Waals surface area (Å²) in [5, 5.41) is 19.6. The van der Waals surface area contributed by atoms with Crippen LogP contribution in [0.25, 0.3) is 11.2 Å². The molecule has 49 heavy (non-hydrogen) atoms. The van der Waals surface area contributed by atoms with Crippen molar-refractivity contribution in [1.82, 2.24) is 37.8 Å². The van der Waals surface area contributed by atoms with Crippen molar-refractivity contribution in [3.05, 3.63) is 84.1 Å². The largest absolute Gasteiger partial charge is 0.396 e. The van der Waals surface area contributed by atoms with Crippen LogP contribution in [0, 0.1) is 13.8 Å². The van der Waals surface area contributed by atoms with Crippen molar-refractivity contribution in [3.63, 3.8) is 0 Å². The van der Waals surface area contributed by atoms with Gasteiger partial charge >= 0.3 is 11.4 Å². The van der Waals surface area contributed by atoms with E-state index < -0.39 is 16.9 Å². The maximum atomic E-state index is 12.8. The minimum absolute atomic E-state index is 0.0487. The van der Waals surface area contributed by atoms with E-state index in [0.29, 0.717) is 63.6 Å². The topological polar surface area (TPSA) is 184 Å². The van der Waals surface area contributed by atoms with Gasteiger partial charge in [0.15, 0.2) is 15.9 Å². The molecular formula is C29H34Br2ClN9O6S2. The van der Waals surface area contributed by atoms with Crippen LogP contribution in [0.15, 0.2) is 41.3 Å². The van der Waals surface area contributed by atoms with Gasteiger partial charge in [0.25, 0.3) is 11.1 Å². The number of aromatic nitrogens is 8. The summed E-state index contributed by atoms with van der Waals surface area (Å²) >= 11 is 15.3. The number of imidazole rings is 1. The molecule has 15 nitrogen and oxygen atoms in total. The summed E-state index contributed by atoms with van der Waals surface area (Å²) in [6.45, 7) is 4.64. The summed E-state index contributed by atoms with van der Waals surface area (Å²) in [6, 6.07) is 0. The number of alkyl halides is 1. The van der Waals surface area contributed by atoms with E-state index in [4.69, 9.17) is 21.8 Å². The second kappa shape index (κ2) is 17.2. The summed E-state index contributed by atoms with van der Waals surface area (Å²) in [4.78, 5) is 68.2. The van der Waals surface area contributed by atoms with Crippen LogP contribution in [0.3, 0.4) is 0 Å². The van der Waals surface area contributed by atoms with E-state index in [1.165, 1.54) is 14.0 Å². The van der Waals surface area contributed by atoms with Crippen LogP contribution in [0.4, 0.5) is 5.82 Å². The van der Waals surface area contributed by atoms with Crippen LogP contribution in [0.5, 0.6) is 0 Å². The Bertz CT molecular complexity index is 2230. The summed E-state index contributed by atoms with van der Waals surface area (Å²) < 4.78 is 7.83. The Morgan fingerprint density at radius 2 is 1.39 bits per heavy atom. The van der Waals surface area contributed by atoms with E-state index in [1.807, 2.05) is 20.0 Å². The number of aliphatic hydroxyl groups excluding tert-OH is 2. The van der Waals surface area contributed by atoms with Gasteiger partial charge in [-0.2, -0.15) is 0 Å². The third kappa shape index (κ3) is 8.81. The Kier molecular flexibility index (Phi) is 13.6. The molecule has 1 aliphatic rings. The molecule has 0 radical (unpaired) electrons. The fourth-order valence-corrected chi connectivity index (χ4v) is 7.40. The molecule has 0 atom stereocenters. The van der Waals surface area contributed by atoms with Crippen molar-refractivity contribution in [3.8, 4) is 0 Å². The second-order valence-electron chi connectivity index (χ2n) is 10.7. The number of hydrogen-bond donors (Lipinski definition) is 2. The highest BCUT2D eigenvalue weighted by Crippen LogP contribution is 2.23. The molecule has 5 aromatic rings. The lowest BCUT2D eigenvalue weighted by Crippen LogP contribution is -2.40. The van der Waals surface area contributed by atoms with Crippen LogP contribution in [-0.2, 0) is 46.0 Å². The monoisotopic (exact) mass is 861 g/mol. The van der Waals surface area contributed by atoms with Gasteiger partial charge < -0.3 is 14.8 Å². The molecule has 0 fully saturated rings. The molecule has 0 amide bonds. The average molecular weight is 864 g/mol. The molecular weight excluding hydrogens is 830 g/mol. The lowest BCUT2D eigenvalue weighted by Gasteiger charge is -2.09. The maximum absolute atomic E-state index is 12.8. The first kappa shape index (κ1) is 38.7. The van der Waals surface area contributed by atoms with Crippen molar-refractivity contribution in [2.75, 3.05) is 13.2 Å². The predicted octanol–water partition coefficient (Wildman–Crippen LogP) is 2.96. The molecule has 6 rings (SSSR count). The number of halogens is 3. The van der Waals surface area contributed by atoms with E-state index >= 15 is 0 Å². The third-order valence-corrected chi connectivity index (χ3v) is 10.5. The lowest BCUT2D eigenvalue weighted by molar-refractivity contribution is 0.277. The fraction of sp³-hybridized carbons (Fsp3) is 0.448. The highest BCUT2D eigenvalue weighted by Gasteiger charge is 2.23. The standard InChI is InChI=1S/C14H16BrN5O3S.C10H12BrN3O3.C5H6ClNS/c1-8-6-16-9(24-8)7-20-10-11(17-13(20)15)18(2)14(23)19(12(10)22)4-3-5-21;1-13-8-6(5-7(11)12-8)9(16)14(10(13)17)3-2-4-15;1-4-3-7-5(2-6)8-4/h6,21H,3-5,7H2,1-2H3;15H,2-5H2,1H3;3H,2H2,1H3. The minimum atomic E-state index is -0.441. The van der Waals surface area contributed by atoms with E-state index in [2.05, 4.69) is 51.8 Å². The average Bonchev–Trinajstić information content (AvgIpc) is 3.87. The van der Waals surface area contributed by atoms with Crippen molar-refractivity contribution >= 4 is 87.7 Å². The number of rotatable bonds is 9. The van der Waals surface area contributed by atoms with Crippen LogP contribution in [0.2, 0.25) is 0 Å². The fourth-order valence-electron chi connectivity index (χ4n) is 4.83. The van der Waals surface area contributed by atoms with Gasteiger partial charge in [0, 0.05) is 69.0 Å². The Morgan fingerprint density at radius 1 is 0.837 bits per heavy atom. The van der Waals surface area contributed by atoms with E-state index in [0.717, 1.165) is 24.0 Å². The molecule has 20 heteroatoms. The number of aliphatic hydroxyl groups is 2. The van der Waals surface area contributed by atoms with Crippen LogP contribution < -0.4 is 22.5 Å². The SMILES string of the molecule is Cc1cnc(CCl)s1.Cc1cnc(Cn2c(Br)nc3c2c(=O)n(CCCO)c(=O)n3C)s1.Cn1c2c(c(=O)n(CCCO)c1=O)CC(Br)=N2. The predicted molar refractivity (Wildman–Crippen MR) is 198 cm³/mol. The molecule has 0 aliphatic carbocycles. The highest BCUT2D eigenvalue weighted by molar-refractivity contribution is 9.18. The maximum Gasteiger partial charge on any atom is 0.332 e. The summed E-state index contributed by atoms with van der Waals surface area (Å²) in [6.07, 6.45) is 4.75. The Labute approximate surface area is 309 Å². The highest BCUT2D eigenvalue weighted by atomic mass is 79.9. The van der Waals surface area contributed by atoms with Gasteiger partial charge in [-0.25, -0.2) is 29.5 Å². The first-order valence-corrected chi connectivity index (χ1v) is 18.6. The molecule has 0 unspecified atom stereocenters. The zero-order chi connectivity index (χ0) is 36.0. The van der Waals surface area contributed by atoms with Gasteiger partial charge in [-0.3, -0.25) is 27.9 Å². The number of aliphatic imine (C=N–C) groups is 1. The quantitative estimate of drug-likeness (QED) is 0.166. The minimum Gasteiger partial charge on any atom is -0.396 e. The normalized spacial score (nSPS) is 12.0. The van der Waals surface area contributed by atoms with Crippen LogP contribution >= 0.6 is 66.1 Å². The first-order valence-electron chi connectivity index (χ1n) is 14.8. The smallest absolute Gasteiger partial charge is 0.332 e. The van der Waals surface area contributed by atoms with Gasteiger partial charge in [0.05, 0.1) is 22.6 Å². The zero-order valence-electron chi connectivity index (χ0n) is 27.0. The number of thiazole rings is 2. The van der Waals surface area contributed by atoms with Crippen molar-refractivity contribution < 1.29 is 10.2 Å². The Hall–Kier alpha value is -3.07. The van der Waals surface area contributed by atoms with Crippen molar-refractivity contribution in [1.29, 1.82) is 0 Å². The Morgan fingerprint density at radius 3 is 1.90 bits per heavy atom. The number of fused-ring (bicyclic) bond motifs is 2. The summed E-state index contributed by atoms with van der Waals surface area (Å²) in [7, 11) is 3.17. The molecule has 0 saturated carbocycles. The summed E-state index contributed by atoms with van der Waals surface area (Å²) in [5.41, 5.74) is -0.365. The molecule has 0 bridgehead atoms. The molecule has 5 aromatic heterocycles. The third-order valence-electron chi connectivity index (χ3n) is 7.17. The van der Waals surface area contributed by atoms with Crippen LogP contribution in [0.1, 0.15) is 38.2 Å². The van der Waals surface area contributed by atoms with Crippen LogP contribution in [-0.4, -0.2) is 65.8 Å². The van der Waals surface area contributed by atoms with Gasteiger partial charge in [-0.15, -0.1) is 34.3 Å². The zero-order valence-corrected chi connectivity index (χ0v) is 32.6. The first-order chi connectivity index (χ1) is 23.3. The van der Waals surface area contributed by atoms with Crippen molar-refractivity contribution in [2.45, 2.75) is 58.6 Å². The van der Waals surface area contributed by atoms with Gasteiger partial charge in [-0.05, 0) is 58.5 Å². The van der Waals surface area contributed by atoms with Gasteiger partial charge in [-0.1, -0.05) is 0 Å². The van der Waals surface area contributed by atoms with Gasteiger partial charge in [0.1, 0.15) is 15.8 Å². The lowest BCUT2D eigenvalue weighted by atomic mass is 10.2. The molecule has 0 spiro atoms. The molecule has 0 saturated heterocycles. The number of nitrogens with zero attached hydrogens (tertiary/aromatic N) is 9. The molecule has 0 aromatic carbocycles. The summed E-state index contributed by atoms with van der Waals surface area (Å²) in [5.74, 6) is 0.963. The van der Waals surface area contributed by atoms with Crippen molar-refractivity contribution in [2.24, 2.45) is 19.1 Å². The van der Waals surface area contributed by atoms with E-state index in [9.17, 15) is 19.2 Å². The number of hydrogen-bond acceptors (Lipinski definition) is 12. The second-order valence-corrected chi connectivity index (χ2v) is 15.3. The Balaban J connectivity index is 0.000000187. The molecule has 1 aliphatic heterocycles. The van der Waals surface area contributed by atoms with E-state index in [-0.39, 0.29) is 31.9 Å². The van der Waals surface area contributed by atoms with Gasteiger partial charge in [0.2, 0.25) is 0 Å².